The fraction of sp³-hybridized carbons (Fsp3) is 0.429. The van der Waals surface area contributed by atoms with Gasteiger partial charge in [-0.05, 0) is 58.6 Å². The van der Waals surface area contributed by atoms with Gasteiger partial charge < -0.3 is 5.32 Å². The van der Waals surface area contributed by atoms with Crippen molar-refractivity contribution in [3.8, 4) is 0 Å². The average molecular weight is 364 g/mol. The van der Waals surface area contributed by atoms with Crippen molar-refractivity contribution in [2.75, 3.05) is 5.32 Å². The van der Waals surface area contributed by atoms with Gasteiger partial charge in [0.1, 0.15) is 0 Å². The molecule has 2 heterocycles. The van der Waals surface area contributed by atoms with Crippen LogP contribution in [0.25, 0.3) is 5.52 Å². The van der Waals surface area contributed by atoms with E-state index >= 15 is 0 Å². The lowest BCUT2D eigenvalue weighted by molar-refractivity contribution is 0.307. The highest BCUT2D eigenvalue weighted by Gasteiger charge is 2.25. The molecule has 0 aliphatic heterocycles. The standard InChI is InChI=1S/C21H28N6/c1-7-19(24-16(6)15(5)23-13(2)3)18-8-9-27-20(18)12-22-21(26-27)25-17-10-14(4)11-17/h7-9,12,14,17H,1,10-11H2,2-6H3,(H,25,26)/b16-15+,24-19?. The van der Waals surface area contributed by atoms with Crippen LogP contribution in [0.1, 0.15) is 53.0 Å². The van der Waals surface area contributed by atoms with Crippen LogP contribution >= 0.6 is 0 Å². The number of aliphatic imine (C=N–C) groups is 2. The Morgan fingerprint density at radius 2 is 1.93 bits per heavy atom. The third-order valence-corrected chi connectivity index (χ3v) is 4.80. The maximum Gasteiger partial charge on any atom is 0.241 e. The van der Waals surface area contributed by atoms with Crippen molar-refractivity contribution < 1.29 is 0 Å². The van der Waals surface area contributed by atoms with E-state index < -0.39 is 0 Å². The predicted octanol–water partition coefficient (Wildman–Crippen LogP) is 4.65. The molecule has 6 nitrogen and oxygen atoms in total. The van der Waals surface area contributed by atoms with Crippen LogP contribution in [-0.2, 0) is 0 Å². The molecule has 1 aliphatic carbocycles. The van der Waals surface area contributed by atoms with E-state index in [0.29, 0.717) is 12.0 Å². The molecular weight excluding hydrogens is 336 g/mol. The van der Waals surface area contributed by atoms with Crippen LogP contribution in [0.3, 0.4) is 0 Å². The first-order valence-electron chi connectivity index (χ1n) is 9.39. The summed E-state index contributed by atoms with van der Waals surface area (Å²) in [5.74, 6) is 1.45. The molecule has 27 heavy (non-hydrogen) atoms. The van der Waals surface area contributed by atoms with Gasteiger partial charge in [-0.15, -0.1) is 5.10 Å². The van der Waals surface area contributed by atoms with E-state index in [-0.39, 0.29) is 0 Å². The van der Waals surface area contributed by atoms with E-state index in [4.69, 9.17) is 4.99 Å². The molecule has 0 atom stereocenters. The number of fused-ring (bicyclic) bond motifs is 1. The molecule has 142 valence electrons. The second-order valence-electron chi connectivity index (χ2n) is 7.49. The van der Waals surface area contributed by atoms with Gasteiger partial charge in [-0.3, -0.25) is 9.98 Å². The monoisotopic (exact) mass is 364 g/mol. The minimum absolute atomic E-state index is 0.483. The van der Waals surface area contributed by atoms with Crippen LogP contribution in [0.4, 0.5) is 5.95 Å². The molecule has 0 saturated heterocycles. The van der Waals surface area contributed by atoms with E-state index in [1.54, 1.807) is 6.08 Å². The molecular formula is C21H28N6. The number of rotatable bonds is 6. The summed E-state index contributed by atoms with van der Waals surface area (Å²) in [4.78, 5) is 13.7. The lowest BCUT2D eigenvalue weighted by atomic mass is 9.82. The second kappa shape index (κ2) is 7.86. The summed E-state index contributed by atoms with van der Waals surface area (Å²) >= 11 is 0. The Bertz CT molecular complexity index is 937. The fourth-order valence-electron chi connectivity index (χ4n) is 3.28. The maximum absolute atomic E-state index is 4.73. The lowest BCUT2D eigenvalue weighted by Gasteiger charge is -2.33. The molecule has 1 fully saturated rings. The van der Waals surface area contributed by atoms with Crippen molar-refractivity contribution >= 4 is 22.9 Å². The van der Waals surface area contributed by atoms with Crippen LogP contribution in [0.2, 0.25) is 0 Å². The van der Waals surface area contributed by atoms with E-state index in [9.17, 15) is 0 Å². The largest absolute Gasteiger partial charge is 0.350 e. The number of allylic oxidation sites excluding steroid dienone is 3. The van der Waals surface area contributed by atoms with Crippen LogP contribution < -0.4 is 5.32 Å². The number of hydrogen-bond donors (Lipinski definition) is 1. The highest BCUT2D eigenvalue weighted by molar-refractivity contribution is 6.13. The van der Waals surface area contributed by atoms with Crippen LogP contribution in [0, 0.1) is 5.92 Å². The van der Waals surface area contributed by atoms with Crippen LogP contribution in [-0.4, -0.2) is 32.1 Å². The highest BCUT2D eigenvalue weighted by Crippen LogP contribution is 2.28. The van der Waals surface area contributed by atoms with Gasteiger partial charge in [0.05, 0.1) is 28.8 Å². The molecule has 6 heteroatoms. The predicted molar refractivity (Wildman–Crippen MR) is 113 cm³/mol. The molecule has 0 bridgehead atoms. The quantitative estimate of drug-likeness (QED) is 0.759. The van der Waals surface area contributed by atoms with E-state index in [1.165, 1.54) is 12.8 Å². The Morgan fingerprint density at radius 3 is 2.56 bits per heavy atom. The minimum Gasteiger partial charge on any atom is -0.350 e. The maximum atomic E-state index is 4.73. The van der Waals surface area contributed by atoms with Gasteiger partial charge in [-0.25, -0.2) is 9.50 Å². The molecule has 0 amide bonds. The molecule has 0 radical (unpaired) electrons. The highest BCUT2D eigenvalue weighted by atomic mass is 15.3. The van der Waals surface area contributed by atoms with Crippen molar-refractivity contribution in [1.82, 2.24) is 14.6 Å². The Labute approximate surface area is 160 Å². The Kier molecular flexibility index (Phi) is 5.54. The summed E-state index contributed by atoms with van der Waals surface area (Å²) < 4.78 is 1.84. The third-order valence-electron chi connectivity index (χ3n) is 4.80. The topological polar surface area (TPSA) is 66.9 Å². The zero-order valence-electron chi connectivity index (χ0n) is 16.8. The van der Waals surface area contributed by atoms with Gasteiger partial charge in [0.15, 0.2) is 0 Å². The zero-order chi connectivity index (χ0) is 19.6. The van der Waals surface area contributed by atoms with Crippen molar-refractivity contribution in [2.24, 2.45) is 15.9 Å². The number of nitrogens with one attached hydrogen (secondary N) is 1. The van der Waals surface area contributed by atoms with Crippen molar-refractivity contribution in [3.63, 3.8) is 0 Å². The molecule has 0 aromatic carbocycles. The van der Waals surface area contributed by atoms with Gasteiger partial charge in [-0.1, -0.05) is 13.5 Å². The van der Waals surface area contributed by atoms with E-state index in [2.05, 4.69) is 33.9 Å². The van der Waals surface area contributed by atoms with Gasteiger partial charge in [0, 0.05) is 23.5 Å². The molecule has 1 saturated carbocycles. The summed E-state index contributed by atoms with van der Waals surface area (Å²) in [5, 5.41) is 7.99. The zero-order valence-corrected chi connectivity index (χ0v) is 16.8. The van der Waals surface area contributed by atoms with Crippen LogP contribution in [0.5, 0.6) is 0 Å². The molecule has 1 aliphatic rings. The van der Waals surface area contributed by atoms with Gasteiger partial charge in [0.25, 0.3) is 0 Å². The summed E-state index contributed by atoms with van der Waals surface area (Å²) in [6, 6.07) is 2.48. The normalized spacial score (nSPS) is 20.7. The number of nitrogens with zero attached hydrogens (tertiary/aromatic N) is 5. The first kappa shape index (κ1) is 19.0. The third kappa shape index (κ3) is 4.32. The van der Waals surface area contributed by atoms with Crippen molar-refractivity contribution in [3.05, 3.63) is 48.1 Å². The van der Waals surface area contributed by atoms with Crippen molar-refractivity contribution in [2.45, 2.75) is 53.5 Å². The number of anilines is 1. The Balaban J connectivity index is 1.89. The second-order valence-corrected chi connectivity index (χ2v) is 7.49. The molecule has 0 unspecified atom stereocenters. The molecule has 2 aromatic heterocycles. The summed E-state index contributed by atoms with van der Waals surface area (Å²) in [6.45, 7) is 14.1. The first-order valence-corrected chi connectivity index (χ1v) is 9.39. The molecule has 2 aromatic rings. The fourth-order valence-corrected chi connectivity index (χ4v) is 3.28. The Hall–Kier alpha value is -2.76. The first-order chi connectivity index (χ1) is 12.9. The number of aromatic nitrogens is 3. The van der Waals surface area contributed by atoms with Gasteiger partial charge in [0.2, 0.25) is 5.95 Å². The minimum atomic E-state index is 0.483. The van der Waals surface area contributed by atoms with Crippen molar-refractivity contribution in [1.29, 1.82) is 0 Å². The van der Waals surface area contributed by atoms with E-state index in [0.717, 1.165) is 39.8 Å². The SMILES string of the molecule is C=CC(=N/C(C)=C(\C)N=C(C)C)c1ccn2nc(NC3CC(C)C3)ncc12. The molecule has 3 rings (SSSR count). The van der Waals surface area contributed by atoms with E-state index in [1.807, 2.05) is 50.7 Å². The molecule has 0 spiro atoms. The summed E-state index contributed by atoms with van der Waals surface area (Å²) in [7, 11) is 0. The lowest BCUT2D eigenvalue weighted by Crippen LogP contribution is -2.34. The van der Waals surface area contributed by atoms with Gasteiger partial charge >= 0.3 is 0 Å². The summed E-state index contributed by atoms with van der Waals surface area (Å²) in [5.41, 5.74) is 5.42. The Morgan fingerprint density at radius 1 is 1.22 bits per heavy atom. The summed E-state index contributed by atoms with van der Waals surface area (Å²) in [6.07, 6.45) is 7.88. The smallest absolute Gasteiger partial charge is 0.241 e. The van der Waals surface area contributed by atoms with Crippen LogP contribution in [0.15, 0.2) is 52.5 Å². The molecule has 1 N–H and O–H groups in total. The van der Waals surface area contributed by atoms with Gasteiger partial charge in [-0.2, -0.15) is 0 Å². The average Bonchev–Trinajstić information content (AvgIpc) is 3.00. The number of hydrogen-bond acceptors (Lipinski definition) is 5.